The third-order valence-electron chi connectivity index (χ3n) is 3.50. The maximum absolute atomic E-state index is 11.9. The fourth-order valence-electron chi connectivity index (χ4n) is 2.42. The van der Waals surface area contributed by atoms with Crippen LogP contribution in [0.2, 0.25) is 0 Å². The van der Waals surface area contributed by atoms with Gasteiger partial charge in [0.05, 0.1) is 6.10 Å². The minimum atomic E-state index is -0.974. The van der Waals surface area contributed by atoms with E-state index in [0.29, 0.717) is 19.3 Å². The topological polar surface area (TPSA) is 75.6 Å². The van der Waals surface area contributed by atoms with E-state index in [2.05, 4.69) is 5.32 Å². The van der Waals surface area contributed by atoms with Crippen LogP contribution in [0.5, 0.6) is 5.75 Å². The highest BCUT2D eigenvalue weighted by molar-refractivity contribution is 5.83. The Labute approximate surface area is 144 Å². The van der Waals surface area contributed by atoms with Gasteiger partial charge in [0.25, 0.3) is 0 Å². The monoisotopic (exact) mass is 335 g/mol. The number of aliphatic carboxylic acids is 1. The summed E-state index contributed by atoms with van der Waals surface area (Å²) in [4.78, 5) is 23.1. The van der Waals surface area contributed by atoms with E-state index in [0.717, 1.165) is 17.7 Å². The van der Waals surface area contributed by atoms with Gasteiger partial charge in [-0.15, -0.1) is 0 Å². The molecular formula is C19H29NO4. The van der Waals surface area contributed by atoms with Crippen LogP contribution < -0.4 is 10.1 Å². The summed E-state index contributed by atoms with van der Waals surface area (Å²) in [5.74, 6) is -0.122. The van der Waals surface area contributed by atoms with Crippen LogP contribution in [0.4, 0.5) is 0 Å². The number of carboxylic acid groups (broad SMARTS) is 1. The van der Waals surface area contributed by atoms with Crippen molar-refractivity contribution in [2.45, 2.75) is 65.5 Å². The molecule has 0 fully saturated rings. The summed E-state index contributed by atoms with van der Waals surface area (Å²) in [6.45, 7) is 7.84. The number of carbonyl (C=O) groups is 2. The molecule has 134 valence electrons. The van der Waals surface area contributed by atoms with Gasteiger partial charge in [0.1, 0.15) is 11.8 Å². The number of ether oxygens (including phenoxy) is 1. The SMILES string of the molecule is CC(C)C[C@H](NC(=O)CCCc1ccc(OC(C)C)cc1)C(=O)O. The van der Waals surface area contributed by atoms with Gasteiger partial charge in [0, 0.05) is 6.42 Å². The molecule has 0 heterocycles. The van der Waals surface area contributed by atoms with Gasteiger partial charge >= 0.3 is 5.97 Å². The molecule has 0 saturated carbocycles. The number of hydrogen-bond acceptors (Lipinski definition) is 3. The van der Waals surface area contributed by atoms with Gasteiger partial charge < -0.3 is 15.2 Å². The highest BCUT2D eigenvalue weighted by Gasteiger charge is 2.20. The van der Waals surface area contributed by atoms with Crippen molar-refractivity contribution < 1.29 is 19.4 Å². The number of rotatable bonds is 10. The van der Waals surface area contributed by atoms with E-state index < -0.39 is 12.0 Å². The van der Waals surface area contributed by atoms with Crippen LogP contribution >= 0.6 is 0 Å². The van der Waals surface area contributed by atoms with Gasteiger partial charge in [-0.3, -0.25) is 4.79 Å². The molecule has 5 heteroatoms. The Bertz CT molecular complexity index is 523. The maximum Gasteiger partial charge on any atom is 0.326 e. The Morgan fingerprint density at radius 2 is 1.75 bits per heavy atom. The summed E-state index contributed by atoms with van der Waals surface area (Å²) in [5, 5.41) is 11.7. The van der Waals surface area contributed by atoms with E-state index in [1.54, 1.807) is 0 Å². The minimum absolute atomic E-state index is 0.146. The maximum atomic E-state index is 11.9. The number of aryl methyl sites for hydroxylation is 1. The average molecular weight is 335 g/mol. The summed E-state index contributed by atoms with van der Waals surface area (Å²) in [7, 11) is 0. The van der Waals surface area contributed by atoms with Crippen LogP contribution in [0.3, 0.4) is 0 Å². The lowest BCUT2D eigenvalue weighted by Gasteiger charge is -2.16. The van der Waals surface area contributed by atoms with Crippen LogP contribution in [-0.4, -0.2) is 29.1 Å². The molecule has 0 radical (unpaired) electrons. The molecule has 0 aliphatic carbocycles. The smallest absolute Gasteiger partial charge is 0.326 e. The highest BCUT2D eigenvalue weighted by Crippen LogP contribution is 2.15. The van der Waals surface area contributed by atoms with Gasteiger partial charge in [-0.25, -0.2) is 4.79 Å². The molecule has 2 N–H and O–H groups in total. The van der Waals surface area contributed by atoms with Crippen molar-refractivity contribution in [2.75, 3.05) is 0 Å². The first-order valence-corrected chi connectivity index (χ1v) is 8.55. The lowest BCUT2D eigenvalue weighted by atomic mass is 10.0. The minimum Gasteiger partial charge on any atom is -0.491 e. The van der Waals surface area contributed by atoms with Crippen LogP contribution in [-0.2, 0) is 16.0 Å². The molecule has 5 nitrogen and oxygen atoms in total. The number of carboxylic acids is 1. The summed E-state index contributed by atoms with van der Waals surface area (Å²) in [5.41, 5.74) is 1.14. The second-order valence-electron chi connectivity index (χ2n) is 6.75. The van der Waals surface area contributed by atoms with Gasteiger partial charge in [-0.05, 0) is 56.7 Å². The molecule has 0 spiro atoms. The van der Waals surface area contributed by atoms with E-state index in [4.69, 9.17) is 9.84 Å². The lowest BCUT2D eigenvalue weighted by molar-refractivity contribution is -0.142. The number of amides is 1. The molecule has 0 aliphatic rings. The van der Waals surface area contributed by atoms with E-state index in [9.17, 15) is 9.59 Å². The Hall–Kier alpha value is -2.04. The molecule has 0 saturated heterocycles. The third kappa shape index (κ3) is 7.99. The molecule has 24 heavy (non-hydrogen) atoms. The summed E-state index contributed by atoms with van der Waals surface area (Å²) in [6.07, 6.45) is 2.37. The zero-order valence-corrected chi connectivity index (χ0v) is 15.0. The predicted molar refractivity (Wildman–Crippen MR) is 94.2 cm³/mol. The molecule has 0 aliphatic heterocycles. The zero-order valence-electron chi connectivity index (χ0n) is 15.0. The van der Waals surface area contributed by atoms with Crippen molar-refractivity contribution in [1.82, 2.24) is 5.32 Å². The second kappa shape index (κ2) is 9.96. The fraction of sp³-hybridized carbons (Fsp3) is 0.579. The lowest BCUT2D eigenvalue weighted by Crippen LogP contribution is -2.41. The first-order valence-electron chi connectivity index (χ1n) is 8.55. The van der Waals surface area contributed by atoms with Crippen molar-refractivity contribution in [2.24, 2.45) is 5.92 Å². The number of hydrogen-bond donors (Lipinski definition) is 2. The van der Waals surface area contributed by atoms with E-state index in [1.165, 1.54) is 0 Å². The fourth-order valence-corrected chi connectivity index (χ4v) is 2.42. The van der Waals surface area contributed by atoms with Crippen molar-refractivity contribution >= 4 is 11.9 Å². The van der Waals surface area contributed by atoms with Gasteiger partial charge in [-0.1, -0.05) is 26.0 Å². The van der Waals surface area contributed by atoms with Gasteiger partial charge in [0.2, 0.25) is 5.91 Å². The summed E-state index contributed by atoms with van der Waals surface area (Å²) in [6, 6.07) is 7.05. The molecule has 1 rings (SSSR count). The van der Waals surface area contributed by atoms with Crippen molar-refractivity contribution in [1.29, 1.82) is 0 Å². The standard InChI is InChI=1S/C19H29NO4/c1-13(2)12-17(19(22)23)20-18(21)7-5-6-15-8-10-16(11-9-15)24-14(3)4/h8-11,13-14,17H,5-7,12H2,1-4H3,(H,20,21)(H,22,23)/t17-/m0/s1. The van der Waals surface area contributed by atoms with Gasteiger partial charge in [0.15, 0.2) is 0 Å². The Balaban J connectivity index is 2.38. The highest BCUT2D eigenvalue weighted by atomic mass is 16.5. The molecule has 1 amide bonds. The molecule has 0 bridgehead atoms. The Morgan fingerprint density at radius 1 is 1.12 bits per heavy atom. The third-order valence-corrected chi connectivity index (χ3v) is 3.50. The summed E-state index contributed by atoms with van der Waals surface area (Å²) < 4.78 is 5.59. The normalized spacial score (nSPS) is 12.2. The molecule has 0 unspecified atom stereocenters. The molecular weight excluding hydrogens is 306 g/mol. The molecule has 1 aromatic carbocycles. The first kappa shape index (κ1) is 20.0. The summed E-state index contributed by atoms with van der Waals surface area (Å²) >= 11 is 0. The quantitative estimate of drug-likeness (QED) is 0.687. The van der Waals surface area contributed by atoms with E-state index in [1.807, 2.05) is 52.0 Å². The number of nitrogens with one attached hydrogen (secondary N) is 1. The number of benzene rings is 1. The first-order chi connectivity index (χ1) is 11.3. The zero-order chi connectivity index (χ0) is 18.1. The van der Waals surface area contributed by atoms with Crippen molar-refractivity contribution in [3.8, 4) is 5.75 Å². The van der Waals surface area contributed by atoms with E-state index in [-0.39, 0.29) is 17.9 Å². The van der Waals surface area contributed by atoms with E-state index >= 15 is 0 Å². The van der Waals surface area contributed by atoms with Crippen molar-refractivity contribution in [3.63, 3.8) is 0 Å². The molecule has 1 aromatic rings. The predicted octanol–water partition coefficient (Wildman–Crippen LogP) is 3.41. The largest absolute Gasteiger partial charge is 0.491 e. The molecule has 0 aromatic heterocycles. The van der Waals surface area contributed by atoms with Crippen LogP contribution in [0.25, 0.3) is 0 Å². The van der Waals surface area contributed by atoms with Crippen LogP contribution in [0, 0.1) is 5.92 Å². The number of carbonyl (C=O) groups excluding carboxylic acids is 1. The van der Waals surface area contributed by atoms with Crippen LogP contribution in [0.15, 0.2) is 24.3 Å². The second-order valence-corrected chi connectivity index (χ2v) is 6.75. The van der Waals surface area contributed by atoms with Crippen molar-refractivity contribution in [3.05, 3.63) is 29.8 Å². The Kier molecular flexibility index (Phi) is 8.30. The van der Waals surface area contributed by atoms with Crippen LogP contribution in [0.1, 0.15) is 52.5 Å². The average Bonchev–Trinajstić information content (AvgIpc) is 2.47. The Morgan fingerprint density at radius 3 is 2.25 bits per heavy atom. The molecule has 1 atom stereocenters. The van der Waals surface area contributed by atoms with Gasteiger partial charge in [-0.2, -0.15) is 0 Å².